The molecule has 0 fully saturated rings. The van der Waals surface area contributed by atoms with E-state index in [2.05, 4.69) is 15.3 Å². The van der Waals surface area contributed by atoms with Gasteiger partial charge in [-0.05, 0) is 25.1 Å². The lowest BCUT2D eigenvalue weighted by molar-refractivity contribution is 0.101. The molecule has 1 N–H and O–H groups in total. The molecule has 3 rings (SSSR count). The van der Waals surface area contributed by atoms with Gasteiger partial charge in [0, 0.05) is 19.4 Å². The van der Waals surface area contributed by atoms with Crippen molar-refractivity contribution in [1.82, 2.24) is 14.5 Å². The first-order valence-corrected chi connectivity index (χ1v) is 7.76. The van der Waals surface area contributed by atoms with Gasteiger partial charge >= 0.3 is 0 Å². The Morgan fingerprint density at radius 2 is 2.23 bits per heavy atom. The summed E-state index contributed by atoms with van der Waals surface area (Å²) in [5.41, 5.74) is 2.17. The number of amides is 1. The zero-order valence-corrected chi connectivity index (χ0v) is 13.6. The van der Waals surface area contributed by atoms with E-state index < -0.39 is 0 Å². The van der Waals surface area contributed by atoms with Gasteiger partial charge in [-0.15, -0.1) is 0 Å². The molecule has 3 aromatic rings. The van der Waals surface area contributed by atoms with Gasteiger partial charge in [0.05, 0.1) is 21.3 Å². The van der Waals surface area contributed by atoms with Gasteiger partial charge in [-0.2, -0.15) is 0 Å². The average Bonchev–Trinajstić information content (AvgIpc) is 3.02. The molecule has 1 amide bonds. The van der Waals surface area contributed by atoms with Gasteiger partial charge in [0.15, 0.2) is 5.13 Å². The summed E-state index contributed by atoms with van der Waals surface area (Å²) in [6, 6.07) is 7.33. The minimum Gasteiger partial charge on any atom is -0.345 e. The summed E-state index contributed by atoms with van der Waals surface area (Å²) in [5, 5.41) is 3.87. The first-order valence-electron chi connectivity index (χ1n) is 6.56. The topological polar surface area (TPSA) is 59.8 Å². The number of pyridine rings is 1. The summed E-state index contributed by atoms with van der Waals surface area (Å²) in [6.07, 6.45) is 3.42. The highest BCUT2D eigenvalue weighted by Gasteiger charge is 2.16. The maximum absolute atomic E-state index is 12.3. The number of nitrogens with zero attached hydrogens (tertiary/aromatic N) is 3. The molecule has 0 saturated heterocycles. The van der Waals surface area contributed by atoms with Crippen LogP contribution < -0.4 is 5.32 Å². The van der Waals surface area contributed by atoms with Gasteiger partial charge in [-0.25, -0.2) is 4.98 Å². The number of anilines is 1. The Kier molecular flexibility index (Phi) is 3.96. The number of hydrogen-bond acceptors (Lipinski definition) is 4. The largest absolute Gasteiger partial charge is 0.345 e. The Bertz CT molecular complexity index is 825. The lowest BCUT2D eigenvalue weighted by Gasteiger charge is -2.02. The molecular weight excluding hydrogens is 320 g/mol. The van der Waals surface area contributed by atoms with Gasteiger partial charge in [-0.3, -0.25) is 15.1 Å². The fourth-order valence-corrected chi connectivity index (χ4v) is 3.28. The molecule has 0 atom stereocenters. The van der Waals surface area contributed by atoms with Crippen LogP contribution in [0.5, 0.6) is 0 Å². The summed E-state index contributed by atoms with van der Waals surface area (Å²) in [5.74, 6) is -0.240. The number of aromatic nitrogens is 3. The number of carbonyl (C=O) groups is 1. The monoisotopic (exact) mass is 332 g/mol. The van der Waals surface area contributed by atoms with Gasteiger partial charge in [0.1, 0.15) is 5.69 Å². The molecule has 0 aromatic carbocycles. The molecule has 0 radical (unpaired) electrons. The van der Waals surface area contributed by atoms with Gasteiger partial charge in [0.2, 0.25) is 0 Å². The van der Waals surface area contributed by atoms with Crippen LogP contribution in [0.15, 0.2) is 36.7 Å². The van der Waals surface area contributed by atoms with Crippen molar-refractivity contribution in [2.24, 2.45) is 7.05 Å². The zero-order chi connectivity index (χ0) is 15.7. The Balaban J connectivity index is 1.85. The first kappa shape index (κ1) is 14.7. The Hall–Kier alpha value is -2.18. The van der Waals surface area contributed by atoms with Crippen LogP contribution >= 0.6 is 22.9 Å². The fraction of sp³-hybridized carbons (Fsp3) is 0.133. The fourth-order valence-electron chi connectivity index (χ4n) is 2.10. The van der Waals surface area contributed by atoms with E-state index in [9.17, 15) is 4.79 Å². The third kappa shape index (κ3) is 2.88. The highest BCUT2D eigenvalue weighted by molar-refractivity contribution is 7.19. The standard InChI is InChI=1S/C15H13ClN4OS/c1-9-13(11-5-3-4-6-17-11)22-15(18-9)19-14(21)12-7-10(16)8-20(12)2/h3-8H,1-2H3,(H,18,19,21). The second-order valence-electron chi connectivity index (χ2n) is 4.76. The van der Waals surface area contributed by atoms with Crippen LogP contribution in [0, 0.1) is 6.92 Å². The molecule has 0 aliphatic heterocycles. The second kappa shape index (κ2) is 5.90. The summed E-state index contributed by atoms with van der Waals surface area (Å²) >= 11 is 7.30. The molecule has 7 heteroatoms. The third-order valence-electron chi connectivity index (χ3n) is 3.12. The van der Waals surface area contributed by atoms with Crippen molar-refractivity contribution in [3.8, 4) is 10.6 Å². The molecule has 3 aromatic heterocycles. The minimum absolute atomic E-state index is 0.240. The van der Waals surface area contributed by atoms with Crippen molar-refractivity contribution in [3.63, 3.8) is 0 Å². The van der Waals surface area contributed by atoms with Crippen molar-refractivity contribution in [2.75, 3.05) is 5.32 Å². The third-order valence-corrected chi connectivity index (χ3v) is 4.42. The van der Waals surface area contributed by atoms with E-state index >= 15 is 0 Å². The summed E-state index contributed by atoms with van der Waals surface area (Å²) < 4.78 is 1.68. The van der Waals surface area contributed by atoms with Crippen LogP contribution in [0.3, 0.4) is 0 Å². The molecule has 112 valence electrons. The molecular formula is C15H13ClN4OS. The van der Waals surface area contributed by atoms with Crippen LogP contribution in [0.1, 0.15) is 16.2 Å². The van der Waals surface area contributed by atoms with Crippen molar-refractivity contribution in [1.29, 1.82) is 0 Å². The molecule has 0 spiro atoms. The van der Waals surface area contributed by atoms with E-state index in [4.69, 9.17) is 11.6 Å². The van der Waals surface area contributed by atoms with E-state index in [0.29, 0.717) is 15.8 Å². The number of halogens is 1. The van der Waals surface area contributed by atoms with Crippen LogP contribution in [0.4, 0.5) is 5.13 Å². The van der Waals surface area contributed by atoms with Gasteiger partial charge in [0.25, 0.3) is 5.91 Å². The van der Waals surface area contributed by atoms with Crippen LogP contribution in [0.2, 0.25) is 5.02 Å². The predicted octanol–water partition coefficient (Wildman–Crippen LogP) is 3.76. The van der Waals surface area contributed by atoms with Gasteiger partial charge in [-0.1, -0.05) is 29.0 Å². The first-order chi connectivity index (χ1) is 10.5. The van der Waals surface area contributed by atoms with E-state index in [1.165, 1.54) is 11.3 Å². The van der Waals surface area contributed by atoms with Crippen LogP contribution in [0.25, 0.3) is 10.6 Å². The highest BCUT2D eigenvalue weighted by Crippen LogP contribution is 2.31. The summed E-state index contributed by atoms with van der Waals surface area (Å²) in [7, 11) is 1.77. The van der Waals surface area contributed by atoms with E-state index in [0.717, 1.165) is 16.3 Å². The Morgan fingerprint density at radius 3 is 2.86 bits per heavy atom. The lowest BCUT2D eigenvalue weighted by atomic mass is 10.3. The SMILES string of the molecule is Cc1nc(NC(=O)c2cc(Cl)cn2C)sc1-c1ccccn1. The number of nitrogens with one attached hydrogen (secondary N) is 1. The van der Waals surface area contributed by atoms with Gasteiger partial charge < -0.3 is 4.57 Å². The van der Waals surface area contributed by atoms with Crippen molar-refractivity contribution in [2.45, 2.75) is 6.92 Å². The van der Waals surface area contributed by atoms with Crippen LogP contribution in [-0.4, -0.2) is 20.4 Å². The lowest BCUT2D eigenvalue weighted by Crippen LogP contribution is -2.15. The molecule has 0 aliphatic rings. The number of rotatable bonds is 3. The van der Waals surface area contributed by atoms with E-state index in [1.54, 1.807) is 30.1 Å². The Labute approximate surface area is 136 Å². The number of thiazole rings is 1. The quantitative estimate of drug-likeness (QED) is 0.794. The van der Waals surface area contributed by atoms with E-state index in [-0.39, 0.29) is 5.91 Å². The maximum atomic E-state index is 12.3. The highest BCUT2D eigenvalue weighted by atomic mass is 35.5. The molecule has 22 heavy (non-hydrogen) atoms. The maximum Gasteiger partial charge on any atom is 0.274 e. The van der Waals surface area contributed by atoms with Crippen molar-refractivity contribution in [3.05, 3.63) is 53.1 Å². The summed E-state index contributed by atoms with van der Waals surface area (Å²) in [4.78, 5) is 21.9. The molecule has 0 bridgehead atoms. The number of hydrogen-bond donors (Lipinski definition) is 1. The molecule has 5 nitrogen and oxygen atoms in total. The molecule has 3 heterocycles. The normalized spacial score (nSPS) is 10.7. The zero-order valence-electron chi connectivity index (χ0n) is 12.0. The molecule has 0 unspecified atom stereocenters. The van der Waals surface area contributed by atoms with Crippen molar-refractivity contribution >= 4 is 34.0 Å². The van der Waals surface area contributed by atoms with Crippen LogP contribution in [-0.2, 0) is 7.05 Å². The van der Waals surface area contributed by atoms with E-state index in [1.807, 2.05) is 25.1 Å². The minimum atomic E-state index is -0.240. The molecule has 0 saturated carbocycles. The summed E-state index contributed by atoms with van der Waals surface area (Å²) in [6.45, 7) is 1.90. The Morgan fingerprint density at radius 1 is 1.41 bits per heavy atom. The predicted molar refractivity (Wildman–Crippen MR) is 88.5 cm³/mol. The van der Waals surface area contributed by atoms with Crippen molar-refractivity contribution < 1.29 is 4.79 Å². The number of aryl methyl sites for hydroxylation is 2. The second-order valence-corrected chi connectivity index (χ2v) is 6.19. The average molecular weight is 333 g/mol. The molecule has 0 aliphatic carbocycles. The smallest absolute Gasteiger partial charge is 0.274 e. The number of carbonyl (C=O) groups excluding carboxylic acids is 1.